The fourth-order valence-electron chi connectivity index (χ4n) is 4.39. The van der Waals surface area contributed by atoms with Crippen LogP contribution in [-0.4, -0.2) is 19.1 Å². The highest BCUT2D eigenvalue weighted by atomic mass is 35.5. The zero-order valence-corrected chi connectivity index (χ0v) is 19.2. The number of aryl methyl sites for hydroxylation is 2. The van der Waals surface area contributed by atoms with E-state index < -0.39 is 0 Å². The largest absolute Gasteiger partial charge is 0.359 e. The van der Waals surface area contributed by atoms with Crippen molar-refractivity contribution in [1.82, 2.24) is 0 Å². The number of carbonyl (C=O) groups is 1. The lowest BCUT2D eigenvalue weighted by atomic mass is 10.0. The fourth-order valence-corrected chi connectivity index (χ4v) is 5.81. The average Bonchev–Trinajstić information content (AvgIpc) is 3.24. The summed E-state index contributed by atoms with van der Waals surface area (Å²) in [6.07, 6.45) is 5.53. The van der Waals surface area contributed by atoms with Crippen LogP contribution in [0.15, 0.2) is 36.4 Å². The number of amides is 1. The van der Waals surface area contributed by atoms with Crippen LogP contribution in [0.3, 0.4) is 0 Å². The first-order valence-corrected chi connectivity index (χ1v) is 11.9. The zero-order valence-electron chi connectivity index (χ0n) is 17.6. The van der Waals surface area contributed by atoms with Gasteiger partial charge in [0.05, 0.1) is 13.2 Å². The molecule has 2 aliphatic rings. The molecule has 1 atom stereocenters. The molecule has 0 bridgehead atoms. The molecule has 6 heteroatoms. The second kappa shape index (κ2) is 9.63. The standard InChI is InChI=1S/C24H29ClN2O2S/c1-16-13-19(14-17(2)23(16)26-22(28)15-18-7-3-4-8-18)27-11-12-29-24(30-27)20-9-5-6-10-21(20)25/h5-6,9-10,13-14,18,24H,3-4,7-8,11-12,15H2,1-2H3,(H,26,28). The molecule has 0 aromatic heterocycles. The van der Waals surface area contributed by atoms with Crippen LogP contribution in [0.4, 0.5) is 11.4 Å². The van der Waals surface area contributed by atoms with Crippen molar-refractivity contribution < 1.29 is 9.53 Å². The summed E-state index contributed by atoms with van der Waals surface area (Å²) in [5.74, 6) is 0.691. The second-order valence-corrected chi connectivity index (χ2v) is 9.78. The third-order valence-corrected chi connectivity index (χ3v) is 7.54. The molecule has 0 radical (unpaired) electrons. The molecule has 30 heavy (non-hydrogen) atoms. The molecular weight excluding hydrogens is 416 g/mol. The Morgan fingerprint density at radius 1 is 1.20 bits per heavy atom. The first-order chi connectivity index (χ1) is 14.5. The summed E-state index contributed by atoms with van der Waals surface area (Å²) in [7, 11) is 0. The SMILES string of the molecule is Cc1cc(N2CCOC(c3ccccc3Cl)S2)cc(C)c1NC(=O)CC1CCCC1. The van der Waals surface area contributed by atoms with Gasteiger partial charge in [-0.25, -0.2) is 0 Å². The number of carbonyl (C=O) groups excluding carboxylic acids is 1. The van der Waals surface area contributed by atoms with E-state index in [0.717, 1.165) is 39.6 Å². The Kier molecular flexibility index (Phi) is 6.91. The molecule has 1 amide bonds. The van der Waals surface area contributed by atoms with E-state index in [1.807, 2.05) is 24.3 Å². The molecule has 160 valence electrons. The molecule has 2 aromatic carbocycles. The number of ether oxygens (including phenoxy) is 1. The summed E-state index contributed by atoms with van der Waals surface area (Å²) < 4.78 is 8.24. The lowest BCUT2D eigenvalue weighted by Gasteiger charge is -2.34. The van der Waals surface area contributed by atoms with Gasteiger partial charge in [-0.15, -0.1) is 0 Å². The monoisotopic (exact) mass is 444 g/mol. The highest BCUT2D eigenvalue weighted by molar-refractivity contribution is 8.00. The molecule has 2 aromatic rings. The van der Waals surface area contributed by atoms with Gasteiger partial charge in [-0.2, -0.15) is 0 Å². The molecule has 1 saturated carbocycles. The maximum Gasteiger partial charge on any atom is 0.224 e. The van der Waals surface area contributed by atoms with E-state index in [0.29, 0.717) is 18.9 Å². The van der Waals surface area contributed by atoms with E-state index in [2.05, 4.69) is 35.6 Å². The molecular formula is C24H29ClN2O2S. The summed E-state index contributed by atoms with van der Waals surface area (Å²) in [5, 5.41) is 3.90. The maximum atomic E-state index is 12.5. The van der Waals surface area contributed by atoms with Crippen LogP contribution in [0, 0.1) is 19.8 Å². The molecule has 1 aliphatic carbocycles. The first-order valence-electron chi connectivity index (χ1n) is 10.7. The minimum absolute atomic E-state index is 0.126. The quantitative estimate of drug-likeness (QED) is 0.523. The number of rotatable bonds is 5. The normalized spacial score (nSPS) is 19.8. The molecule has 1 N–H and O–H groups in total. The van der Waals surface area contributed by atoms with Gasteiger partial charge in [-0.1, -0.05) is 42.6 Å². The summed E-state index contributed by atoms with van der Waals surface area (Å²) in [6.45, 7) is 5.58. The Hall–Kier alpha value is -1.69. The van der Waals surface area contributed by atoms with Crippen LogP contribution in [-0.2, 0) is 9.53 Å². The highest BCUT2D eigenvalue weighted by Crippen LogP contribution is 2.42. The lowest BCUT2D eigenvalue weighted by Crippen LogP contribution is -2.28. The predicted molar refractivity (Wildman–Crippen MR) is 126 cm³/mol. The van der Waals surface area contributed by atoms with Crippen molar-refractivity contribution in [2.45, 2.75) is 51.4 Å². The van der Waals surface area contributed by atoms with Gasteiger partial charge in [0, 0.05) is 28.4 Å². The minimum Gasteiger partial charge on any atom is -0.359 e. The van der Waals surface area contributed by atoms with Gasteiger partial charge < -0.3 is 14.4 Å². The van der Waals surface area contributed by atoms with Gasteiger partial charge in [0.15, 0.2) is 0 Å². The van der Waals surface area contributed by atoms with Crippen molar-refractivity contribution in [2.24, 2.45) is 5.92 Å². The molecule has 1 saturated heterocycles. The van der Waals surface area contributed by atoms with Crippen molar-refractivity contribution >= 4 is 40.8 Å². The number of hydrogen-bond donors (Lipinski definition) is 1. The van der Waals surface area contributed by atoms with E-state index in [4.69, 9.17) is 16.3 Å². The predicted octanol–water partition coefficient (Wildman–Crippen LogP) is 6.66. The Morgan fingerprint density at radius 2 is 1.90 bits per heavy atom. The average molecular weight is 445 g/mol. The van der Waals surface area contributed by atoms with Gasteiger partial charge in [0.1, 0.15) is 5.44 Å². The van der Waals surface area contributed by atoms with Crippen molar-refractivity contribution in [3.8, 4) is 0 Å². The van der Waals surface area contributed by atoms with Crippen molar-refractivity contribution in [2.75, 3.05) is 22.8 Å². The molecule has 4 rings (SSSR count). The van der Waals surface area contributed by atoms with Crippen LogP contribution in [0.1, 0.15) is 54.2 Å². The zero-order chi connectivity index (χ0) is 21.1. The summed E-state index contributed by atoms with van der Waals surface area (Å²) >= 11 is 8.03. The highest BCUT2D eigenvalue weighted by Gasteiger charge is 2.26. The smallest absolute Gasteiger partial charge is 0.224 e. The van der Waals surface area contributed by atoms with Crippen LogP contribution >= 0.6 is 23.5 Å². The minimum atomic E-state index is -0.126. The first kappa shape index (κ1) is 21.5. The Balaban J connectivity index is 1.47. The van der Waals surface area contributed by atoms with Gasteiger partial charge >= 0.3 is 0 Å². The van der Waals surface area contributed by atoms with Crippen LogP contribution in [0.25, 0.3) is 0 Å². The number of nitrogens with zero attached hydrogens (tertiary/aromatic N) is 1. The van der Waals surface area contributed by atoms with Gasteiger partial charge in [-0.05, 0) is 73.9 Å². The third kappa shape index (κ3) is 4.96. The van der Waals surface area contributed by atoms with Crippen LogP contribution in [0.2, 0.25) is 5.02 Å². The summed E-state index contributed by atoms with van der Waals surface area (Å²) in [6, 6.07) is 12.1. The van der Waals surface area contributed by atoms with Crippen molar-refractivity contribution in [1.29, 1.82) is 0 Å². The lowest BCUT2D eigenvalue weighted by molar-refractivity contribution is -0.117. The number of benzene rings is 2. The molecule has 1 heterocycles. The molecule has 2 fully saturated rings. The Bertz CT molecular complexity index is 891. The van der Waals surface area contributed by atoms with E-state index in [1.165, 1.54) is 25.7 Å². The molecule has 1 aliphatic heterocycles. The van der Waals surface area contributed by atoms with E-state index >= 15 is 0 Å². The van der Waals surface area contributed by atoms with E-state index in [9.17, 15) is 4.79 Å². The number of hydrogen-bond acceptors (Lipinski definition) is 4. The van der Waals surface area contributed by atoms with Gasteiger partial charge in [0.2, 0.25) is 5.91 Å². The van der Waals surface area contributed by atoms with Gasteiger partial charge in [-0.3, -0.25) is 4.79 Å². The summed E-state index contributed by atoms with van der Waals surface area (Å²) in [5.41, 5.74) is 5.13. The molecule has 1 unspecified atom stereocenters. The third-order valence-electron chi connectivity index (χ3n) is 5.96. The molecule has 0 spiro atoms. The fraction of sp³-hybridized carbons (Fsp3) is 0.458. The Morgan fingerprint density at radius 3 is 2.60 bits per heavy atom. The topological polar surface area (TPSA) is 41.6 Å². The van der Waals surface area contributed by atoms with Crippen molar-refractivity contribution in [3.05, 3.63) is 58.1 Å². The van der Waals surface area contributed by atoms with Gasteiger partial charge in [0.25, 0.3) is 0 Å². The molecule has 4 nitrogen and oxygen atoms in total. The van der Waals surface area contributed by atoms with Crippen molar-refractivity contribution in [3.63, 3.8) is 0 Å². The van der Waals surface area contributed by atoms with E-state index in [1.54, 1.807) is 11.9 Å². The number of anilines is 2. The van der Waals surface area contributed by atoms with E-state index in [-0.39, 0.29) is 11.3 Å². The van der Waals surface area contributed by atoms with Crippen LogP contribution in [0.5, 0.6) is 0 Å². The number of nitrogens with one attached hydrogen (secondary N) is 1. The maximum absolute atomic E-state index is 12.5. The number of halogens is 1. The Labute approximate surface area is 188 Å². The second-order valence-electron chi connectivity index (χ2n) is 8.29. The van der Waals surface area contributed by atoms with Crippen LogP contribution < -0.4 is 9.62 Å². The summed E-state index contributed by atoms with van der Waals surface area (Å²) in [4.78, 5) is 12.5.